The van der Waals surface area contributed by atoms with Crippen LogP contribution in [0.5, 0.6) is 5.75 Å². The van der Waals surface area contributed by atoms with Crippen molar-refractivity contribution in [1.29, 1.82) is 0 Å². The Morgan fingerprint density at radius 2 is 1.86 bits per heavy atom. The van der Waals surface area contributed by atoms with Crippen molar-refractivity contribution in [3.8, 4) is 11.4 Å². The van der Waals surface area contributed by atoms with Crippen LogP contribution >= 0.6 is 0 Å². The van der Waals surface area contributed by atoms with Crippen LogP contribution < -0.4 is 9.74 Å². The number of nitrogens with zero attached hydrogens (tertiary/aromatic N) is 3. The molecule has 0 saturated heterocycles. The first-order chi connectivity index (χ1) is 12.8. The molecule has 13 heteroatoms. The van der Waals surface area contributed by atoms with E-state index in [1.165, 1.54) is 26.2 Å². The van der Waals surface area contributed by atoms with Crippen LogP contribution in [-0.2, 0) is 10.1 Å². The summed E-state index contributed by atoms with van der Waals surface area (Å²) in [5.41, 5.74) is -8.14. The number of aromatic nitrogens is 2. The van der Waals surface area contributed by atoms with E-state index in [0.29, 0.717) is 10.7 Å². The predicted molar refractivity (Wildman–Crippen MR) is 88.1 cm³/mol. The van der Waals surface area contributed by atoms with Crippen LogP contribution in [-0.4, -0.2) is 48.6 Å². The van der Waals surface area contributed by atoms with Crippen LogP contribution in [0.15, 0.2) is 29.1 Å². The van der Waals surface area contributed by atoms with Crippen LogP contribution in [0.1, 0.15) is 16.1 Å². The van der Waals surface area contributed by atoms with Gasteiger partial charge < -0.3 is 9.08 Å². The molecule has 0 aliphatic rings. The van der Waals surface area contributed by atoms with Gasteiger partial charge in [-0.15, -0.1) is 0 Å². The molecule has 0 N–H and O–H groups in total. The van der Waals surface area contributed by atoms with Crippen LogP contribution in [0.4, 0.5) is 17.6 Å². The van der Waals surface area contributed by atoms with Gasteiger partial charge in [-0.1, -0.05) is 6.07 Å². The highest BCUT2D eigenvalue weighted by atomic mass is 32.2. The first-order valence-corrected chi connectivity index (χ1v) is 8.79. The molecule has 2 aromatic rings. The minimum atomic E-state index is -6.02. The van der Waals surface area contributed by atoms with Gasteiger partial charge in [0.25, 0.3) is 11.5 Å². The molecule has 1 aromatic carbocycles. The van der Waals surface area contributed by atoms with Gasteiger partial charge in [0, 0.05) is 14.1 Å². The standard InChI is InChI=1S/C15H13F4N3O5S/c1-8-11(27-28(25,26)15(17,18)19)7-12(23)22(20-8)10-6-4-5-9(13(10)16)14(24)21(2)3/h4-7H,1-3H3. The van der Waals surface area contributed by atoms with E-state index in [0.717, 1.165) is 17.9 Å². The Morgan fingerprint density at radius 3 is 2.39 bits per heavy atom. The van der Waals surface area contributed by atoms with Gasteiger partial charge in [-0.3, -0.25) is 9.59 Å². The SMILES string of the molecule is Cc1nn(-c2cccc(C(=O)N(C)C)c2F)c(=O)cc1OS(=O)(=O)C(F)(F)F. The zero-order valence-corrected chi connectivity index (χ0v) is 15.4. The average molecular weight is 423 g/mol. The molecule has 2 rings (SSSR count). The summed E-state index contributed by atoms with van der Waals surface area (Å²) < 4.78 is 78.5. The second kappa shape index (κ2) is 7.22. The molecule has 0 radical (unpaired) electrons. The van der Waals surface area contributed by atoms with Gasteiger partial charge in [0.1, 0.15) is 11.4 Å². The smallest absolute Gasteiger partial charge is 0.374 e. The minimum absolute atomic E-state index is 0.367. The Labute approximate surface area is 156 Å². The number of amides is 1. The van der Waals surface area contributed by atoms with Gasteiger partial charge in [0.05, 0.1) is 11.6 Å². The molecular weight excluding hydrogens is 410 g/mol. The van der Waals surface area contributed by atoms with Gasteiger partial charge in [-0.05, 0) is 19.1 Å². The fourth-order valence-electron chi connectivity index (χ4n) is 2.04. The van der Waals surface area contributed by atoms with E-state index in [1.54, 1.807) is 0 Å². The third-order valence-corrected chi connectivity index (χ3v) is 4.36. The van der Waals surface area contributed by atoms with Crippen molar-refractivity contribution in [1.82, 2.24) is 14.7 Å². The monoisotopic (exact) mass is 423 g/mol. The molecule has 8 nitrogen and oxygen atoms in total. The summed E-state index contributed by atoms with van der Waals surface area (Å²) in [5, 5.41) is 3.60. The first-order valence-electron chi connectivity index (χ1n) is 7.38. The second-order valence-electron chi connectivity index (χ2n) is 5.67. The normalized spacial score (nSPS) is 12.0. The van der Waals surface area contributed by atoms with Crippen LogP contribution in [0.3, 0.4) is 0 Å². The van der Waals surface area contributed by atoms with Gasteiger partial charge in [-0.2, -0.15) is 31.4 Å². The highest BCUT2D eigenvalue weighted by Gasteiger charge is 2.48. The van der Waals surface area contributed by atoms with Gasteiger partial charge in [0.15, 0.2) is 11.6 Å². The largest absolute Gasteiger partial charge is 0.534 e. The van der Waals surface area contributed by atoms with E-state index in [-0.39, 0.29) is 5.56 Å². The molecule has 1 heterocycles. The number of alkyl halides is 3. The maximum Gasteiger partial charge on any atom is 0.534 e. The molecule has 0 saturated carbocycles. The van der Waals surface area contributed by atoms with Gasteiger partial charge in [0.2, 0.25) is 0 Å². The van der Waals surface area contributed by atoms with E-state index < -0.39 is 50.0 Å². The molecule has 152 valence electrons. The Hall–Kier alpha value is -2.96. The maximum absolute atomic E-state index is 14.7. The van der Waals surface area contributed by atoms with Crippen LogP contribution in [0.2, 0.25) is 0 Å². The molecule has 0 aliphatic carbocycles. The number of hydrogen-bond acceptors (Lipinski definition) is 6. The van der Waals surface area contributed by atoms with E-state index in [9.17, 15) is 35.6 Å². The highest BCUT2D eigenvalue weighted by Crippen LogP contribution is 2.27. The van der Waals surface area contributed by atoms with E-state index in [4.69, 9.17) is 0 Å². The summed E-state index contributed by atoms with van der Waals surface area (Å²) in [6, 6.07) is 3.98. The maximum atomic E-state index is 14.7. The second-order valence-corrected chi connectivity index (χ2v) is 7.20. The Bertz CT molecular complexity index is 1090. The van der Waals surface area contributed by atoms with Crippen molar-refractivity contribution in [2.45, 2.75) is 12.4 Å². The number of benzene rings is 1. The van der Waals surface area contributed by atoms with Crippen molar-refractivity contribution in [2.75, 3.05) is 14.1 Å². The number of carbonyl (C=O) groups is 1. The van der Waals surface area contributed by atoms with Gasteiger partial charge >= 0.3 is 15.6 Å². The van der Waals surface area contributed by atoms with E-state index in [2.05, 4.69) is 9.28 Å². The van der Waals surface area contributed by atoms with Crippen molar-refractivity contribution >= 4 is 16.0 Å². The van der Waals surface area contributed by atoms with E-state index in [1.807, 2.05) is 0 Å². The quantitative estimate of drug-likeness (QED) is 0.421. The van der Waals surface area contributed by atoms with Crippen molar-refractivity contribution in [3.05, 3.63) is 51.7 Å². The molecule has 0 aliphatic heterocycles. The van der Waals surface area contributed by atoms with Crippen LogP contribution in [0, 0.1) is 12.7 Å². The summed E-state index contributed by atoms with van der Waals surface area (Å²) >= 11 is 0. The van der Waals surface area contributed by atoms with Gasteiger partial charge in [-0.25, -0.2) is 4.39 Å². The third kappa shape index (κ3) is 3.98. The molecular formula is C15H13F4N3O5S. The fourth-order valence-corrected chi connectivity index (χ4v) is 2.54. The summed E-state index contributed by atoms with van der Waals surface area (Å²) in [6.07, 6.45) is 0. The Kier molecular flexibility index (Phi) is 5.50. The lowest BCUT2D eigenvalue weighted by molar-refractivity contribution is -0.0500. The lowest BCUT2D eigenvalue weighted by Gasteiger charge is -2.14. The number of aryl methyl sites for hydroxylation is 1. The molecule has 0 unspecified atom stereocenters. The van der Waals surface area contributed by atoms with Crippen LogP contribution in [0.25, 0.3) is 5.69 Å². The Morgan fingerprint density at radius 1 is 1.25 bits per heavy atom. The van der Waals surface area contributed by atoms with E-state index >= 15 is 0 Å². The molecule has 0 atom stereocenters. The number of rotatable bonds is 4. The van der Waals surface area contributed by atoms with Crippen molar-refractivity contribution in [2.24, 2.45) is 0 Å². The summed E-state index contributed by atoms with van der Waals surface area (Å²) in [5.74, 6) is -2.74. The lowest BCUT2D eigenvalue weighted by atomic mass is 10.1. The molecule has 0 spiro atoms. The number of halogens is 4. The fraction of sp³-hybridized carbons (Fsp3) is 0.267. The topological polar surface area (TPSA) is 98.6 Å². The number of hydrogen-bond donors (Lipinski definition) is 0. The molecule has 0 bridgehead atoms. The third-order valence-electron chi connectivity index (χ3n) is 3.40. The van der Waals surface area contributed by atoms with Crippen molar-refractivity contribution < 1.29 is 35.0 Å². The number of carbonyl (C=O) groups excluding carboxylic acids is 1. The molecule has 1 amide bonds. The Balaban J connectivity index is 2.57. The van der Waals surface area contributed by atoms with Crippen molar-refractivity contribution in [3.63, 3.8) is 0 Å². The highest BCUT2D eigenvalue weighted by molar-refractivity contribution is 7.88. The summed E-state index contributed by atoms with van der Waals surface area (Å²) in [6.45, 7) is 1.06. The zero-order chi connectivity index (χ0) is 21.4. The lowest BCUT2D eigenvalue weighted by Crippen LogP contribution is -2.30. The first kappa shape index (κ1) is 21.3. The molecule has 1 aromatic heterocycles. The predicted octanol–water partition coefficient (Wildman–Crippen LogP) is 1.61. The average Bonchev–Trinajstić information content (AvgIpc) is 2.56. The summed E-state index contributed by atoms with van der Waals surface area (Å²) in [7, 11) is -3.25. The summed E-state index contributed by atoms with van der Waals surface area (Å²) in [4.78, 5) is 25.3. The zero-order valence-electron chi connectivity index (χ0n) is 14.6. The molecule has 28 heavy (non-hydrogen) atoms. The molecule has 0 fully saturated rings. The minimum Gasteiger partial charge on any atom is -0.374 e.